The quantitative estimate of drug-likeness (QED) is 0.407. The summed E-state index contributed by atoms with van der Waals surface area (Å²) in [6.45, 7) is 1.89. The normalized spacial score (nSPS) is 11.1. The second-order valence-corrected chi connectivity index (χ2v) is 9.37. The molecule has 0 saturated heterocycles. The number of aromatic nitrogens is 1. The lowest BCUT2D eigenvalue weighted by Gasteiger charge is -2.11. The molecule has 4 aromatic rings. The Balaban J connectivity index is 1.43. The zero-order valence-corrected chi connectivity index (χ0v) is 18.8. The second-order valence-electron chi connectivity index (χ2n) is 7.68. The summed E-state index contributed by atoms with van der Waals surface area (Å²) in [5.41, 5.74) is 4.57. The van der Waals surface area contributed by atoms with E-state index in [9.17, 15) is 13.2 Å². The topological polar surface area (TPSA) is 88.2 Å². The van der Waals surface area contributed by atoms with Gasteiger partial charge in [-0.2, -0.15) is 0 Å². The largest absolute Gasteiger partial charge is 0.322 e. The number of amides is 1. The van der Waals surface area contributed by atoms with Gasteiger partial charge in [-0.1, -0.05) is 35.9 Å². The molecule has 0 aliphatic heterocycles. The number of pyridine rings is 1. The first-order chi connectivity index (χ1) is 15.9. The van der Waals surface area contributed by atoms with Crippen molar-refractivity contribution in [2.45, 2.75) is 18.2 Å². The van der Waals surface area contributed by atoms with Crippen molar-refractivity contribution in [2.24, 2.45) is 0 Å². The average molecular weight is 458 g/mol. The summed E-state index contributed by atoms with van der Waals surface area (Å²) in [4.78, 5) is 16.9. The van der Waals surface area contributed by atoms with Crippen molar-refractivity contribution in [3.05, 3.63) is 120 Å². The molecule has 1 heterocycles. The van der Waals surface area contributed by atoms with Gasteiger partial charge in [0.2, 0.25) is 0 Å². The molecule has 4 rings (SSSR count). The number of nitrogens with zero attached hydrogens (tertiary/aromatic N) is 1. The molecule has 0 atom stereocenters. The lowest BCUT2D eigenvalue weighted by Crippen LogP contribution is -2.15. The molecule has 0 bridgehead atoms. The number of benzene rings is 3. The summed E-state index contributed by atoms with van der Waals surface area (Å²) in [6.07, 6.45) is 4.30. The van der Waals surface area contributed by atoms with Gasteiger partial charge >= 0.3 is 0 Å². The van der Waals surface area contributed by atoms with E-state index >= 15 is 0 Å². The van der Waals surface area contributed by atoms with Crippen LogP contribution in [-0.2, 0) is 16.4 Å². The average Bonchev–Trinajstić information content (AvgIpc) is 2.81. The first-order valence-electron chi connectivity index (χ1n) is 10.4. The van der Waals surface area contributed by atoms with E-state index in [2.05, 4.69) is 15.0 Å². The minimum atomic E-state index is -3.75. The minimum Gasteiger partial charge on any atom is -0.322 e. The van der Waals surface area contributed by atoms with Crippen LogP contribution in [0.4, 0.5) is 11.4 Å². The number of rotatable bonds is 7. The summed E-state index contributed by atoms with van der Waals surface area (Å²) >= 11 is 0. The van der Waals surface area contributed by atoms with Crippen LogP contribution in [0.15, 0.2) is 102 Å². The van der Waals surface area contributed by atoms with Gasteiger partial charge in [0, 0.05) is 29.3 Å². The van der Waals surface area contributed by atoms with Crippen molar-refractivity contribution in [1.29, 1.82) is 0 Å². The van der Waals surface area contributed by atoms with Crippen LogP contribution in [0.2, 0.25) is 0 Å². The SMILES string of the molecule is Cc1ccc(S(=O)(=O)Nc2cccc(C(=O)Nc3ccc(Cc4ccncc4)cc3)c2)cc1. The van der Waals surface area contributed by atoms with E-state index in [1.54, 1.807) is 54.9 Å². The molecule has 0 fully saturated rings. The van der Waals surface area contributed by atoms with Crippen LogP contribution in [0.1, 0.15) is 27.0 Å². The lowest BCUT2D eigenvalue weighted by atomic mass is 10.1. The van der Waals surface area contributed by atoms with E-state index in [-0.39, 0.29) is 10.8 Å². The molecular formula is C26H23N3O3S. The maximum Gasteiger partial charge on any atom is 0.261 e. The third-order valence-corrected chi connectivity index (χ3v) is 6.47. The summed E-state index contributed by atoms with van der Waals surface area (Å²) < 4.78 is 27.8. The molecule has 0 saturated carbocycles. The Morgan fingerprint density at radius 3 is 2.18 bits per heavy atom. The van der Waals surface area contributed by atoms with Gasteiger partial charge in [-0.15, -0.1) is 0 Å². The monoisotopic (exact) mass is 457 g/mol. The minimum absolute atomic E-state index is 0.162. The maximum absolute atomic E-state index is 12.7. The second kappa shape index (κ2) is 9.67. The highest BCUT2D eigenvalue weighted by atomic mass is 32.2. The zero-order chi connectivity index (χ0) is 23.3. The van der Waals surface area contributed by atoms with Crippen LogP contribution in [0.3, 0.4) is 0 Å². The number of carbonyl (C=O) groups excluding carboxylic acids is 1. The van der Waals surface area contributed by atoms with E-state index < -0.39 is 10.0 Å². The number of carbonyl (C=O) groups is 1. The number of hydrogen-bond donors (Lipinski definition) is 2. The van der Waals surface area contributed by atoms with Gasteiger partial charge in [0.05, 0.1) is 4.90 Å². The molecule has 0 aliphatic rings. The van der Waals surface area contributed by atoms with Crippen LogP contribution in [0.5, 0.6) is 0 Å². The number of aryl methyl sites for hydroxylation is 1. The van der Waals surface area contributed by atoms with Crippen LogP contribution in [0, 0.1) is 6.92 Å². The van der Waals surface area contributed by atoms with Crippen molar-refractivity contribution in [3.63, 3.8) is 0 Å². The number of nitrogens with one attached hydrogen (secondary N) is 2. The fraction of sp³-hybridized carbons (Fsp3) is 0.0769. The first kappa shape index (κ1) is 22.2. The molecule has 7 heteroatoms. The third-order valence-electron chi connectivity index (χ3n) is 5.08. The molecule has 33 heavy (non-hydrogen) atoms. The van der Waals surface area contributed by atoms with Crippen molar-refractivity contribution in [3.8, 4) is 0 Å². The highest BCUT2D eigenvalue weighted by Gasteiger charge is 2.15. The molecule has 2 N–H and O–H groups in total. The third kappa shape index (κ3) is 5.84. The van der Waals surface area contributed by atoms with Gasteiger partial charge in [0.1, 0.15) is 0 Å². The Bertz CT molecular complexity index is 1350. The summed E-state index contributed by atoms with van der Waals surface area (Å²) in [7, 11) is -3.75. The Morgan fingerprint density at radius 1 is 0.818 bits per heavy atom. The van der Waals surface area contributed by atoms with E-state index in [1.807, 2.05) is 43.3 Å². The first-order valence-corrected chi connectivity index (χ1v) is 11.9. The number of hydrogen-bond acceptors (Lipinski definition) is 4. The molecule has 1 amide bonds. The Hall–Kier alpha value is -3.97. The van der Waals surface area contributed by atoms with Crippen molar-refractivity contribution in [2.75, 3.05) is 10.0 Å². The van der Waals surface area contributed by atoms with Crippen LogP contribution in [0.25, 0.3) is 0 Å². The fourth-order valence-electron chi connectivity index (χ4n) is 3.30. The van der Waals surface area contributed by atoms with E-state index in [1.165, 1.54) is 6.07 Å². The van der Waals surface area contributed by atoms with Gasteiger partial charge in [-0.25, -0.2) is 8.42 Å². The standard InChI is InChI=1S/C26H23N3O3S/c1-19-5-11-25(12-6-19)33(31,32)29-24-4-2-3-22(18-24)26(30)28-23-9-7-20(8-10-23)17-21-13-15-27-16-14-21/h2-16,18,29H,17H2,1H3,(H,28,30). The van der Waals surface area contributed by atoms with Crippen molar-refractivity contribution < 1.29 is 13.2 Å². The molecule has 6 nitrogen and oxygen atoms in total. The van der Waals surface area contributed by atoms with Crippen molar-refractivity contribution >= 4 is 27.3 Å². The molecule has 1 aromatic heterocycles. The number of sulfonamides is 1. The summed E-state index contributed by atoms with van der Waals surface area (Å²) in [6, 6.07) is 24.5. The molecule has 0 unspecified atom stereocenters. The Morgan fingerprint density at radius 2 is 1.48 bits per heavy atom. The zero-order valence-electron chi connectivity index (χ0n) is 18.0. The Kier molecular flexibility index (Phi) is 6.51. The molecular weight excluding hydrogens is 434 g/mol. The van der Waals surface area contributed by atoms with Gasteiger partial charge < -0.3 is 5.32 Å². The Labute approximate surface area is 193 Å². The number of anilines is 2. The van der Waals surface area contributed by atoms with Gasteiger partial charge in [0.25, 0.3) is 15.9 Å². The maximum atomic E-state index is 12.7. The fourth-order valence-corrected chi connectivity index (χ4v) is 4.35. The summed E-state index contributed by atoms with van der Waals surface area (Å²) in [5, 5.41) is 2.85. The van der Waals surface area contributed by atoms with Crippen LogP contribution < -0.4 is 10.0 Å². The van der Waals surface area contributed by atoms with Gasteiger partial charge in [-0.05, 0) is 79.1 Å². The molecule has 3 aromatic carbocycles. The predicted molar refractivity (Wildman–Crippen MR) is 130 cm³/mol. The highest BCUT2D eigenvalue weighted by Crippen LogP contribution is 2.19. The molecule has 0 spiro atoms. The smallest absolute Gasteiger partial charge is 0.261 e. The van der Waals surface area contributed by atoms with Crippen LogP contribution in [-0.4, -0.2) is 19.3 Å². The highest BCUT2D eigenvalue weighted by molar-refractivity contribution is 7.92. The molecule has 0 aliphatic carbocycles. The molecule has 166 valence electrons. The summed E-state index contributed by atoms with van der Waals surface area (Å²) in [5.74, 6) is -0.326. The predicted octanol–water partition coefficient (Wildman–Crippen LogP) is 5.03. The molecule has 0 radical (unpaired) electrons. The lowest BCUT2D eigenvalue weighted by molar-refractivity contribution is 0.102. The van der Waals surface area contributed by atoms with Gasteiger partial charge in [0.15, 0.2) is 0 Å². The van der Waals surface area contributed by atoms with E-state index in [0.29, 0.717) is 16.9 Å². The van der Waals surface area contributed by atoms with Crippen molar-refractivity contribution in [1.82, 2.24) is 4.98 Å². The van der Waals surface area contributed by atoms with Gasteiger partial charge in [-0.3, -0.25) is 14.5 Å². The van der Waals surface area contributed by atoms with E-state index in [4.69, 9.17) is 0 Å². The van der Waals surface area contributed by atoms with E-state index in [0.717, 1.165) is 23.1 Å². The van der Waals surface area contributed by atoms with Crippen LogP contribution >= 0.6 is 0 Å².